The molecular formula is C28H31NO2S. The minimum Gasteiger partial charge on any atom is -0.489 e. The first-order valence-corrected chi connectivity index (χ1v) is 12.6. The van der Waals surface area contributed by atoms with Crippen molar-refractivity contribution in [2.45, 2.75) is 44.6 Å². The summed E-state index contributed by atoms with van der Waals surface area (Å²) in [5, 5.41) is -0.0290. The molecule has 1 amide bonds. The maximum atomic E-state index is 13.4. The molecule has 32 heavy (non-hydrogen) atoms. The van der Waals surface area contributed by atoms with Crippen LogP contribution in [0.2, 0.25) is 0 Å². The van der Waals surface area contributed by atoms with Crippen LogP contribution in [-0.4, -0.2) is 23.1 Å². The third-order valence-corrected chi connectivity index (χ3v) is 7.09. The fourth-order valence-corrected chi connectivity index (χ4v) is 5.33. The lowest BCUT2D eigenvalue weighted by atomic mass is 10.0. The van der Waals surface area contributed by atoms with Crippen LogP contribution in [0.25, 0.3) is 0 Å². The fraction of sp³-hybridized carbons (Fsp3) is 0.321. The number of ether oxygens (including phenoxy) is 1. The molecular weight excluding hydrogens is 414 g/mol. The van der Waals surface area contributed by atoms with E-state index in [0.717, 1.165) is 41.2 Å². The number of thioether (sulfide) groups is 1. The van der Waals surface area contributed by atoms with E-state index in [4.69, 9.17) is 4.74 Å². The number of aryl methyl sites for hydroxylation is 1. The molecule has 3 nitrogen and oxygen atoms in total. The molecule has 4 rings (SSSR count). The second kappa shape index (κ2) is 11.2. The Kier molecular flexibility index (Phi) is 7.89. The lowest BCUT2D eigenvalue weighted by Crippen LogP contribution is -2.30. The van der Waals surface area contributed by atoms with E-state index in [1.807, 2.05) is 53.4 Å². The first-order chi connectivity index (χ1) is 15.8. The molecule has 166 valence electrons. The van der Waals surface area contributed by atoms with Gasteiger partial charge in [0.2, 0.25) is 0 Å². The zero-order valence-corrected chi connectivity index (χ0v) is 19.5. The van der Waals surface area contributed by atoms with E-state index in [9.17, 15) is 4.79 Å². The fourth-order valence-electron chi connectivity index (χ4n) is 4.05. The molecule has 1 heterocycles. The summed E-state index contributed by atoms with van der Waals surface area (Å²) in [6, 6.07) is 26.5. The molecule has 3 aromatic carbocycles. The smallest absolute Gasteiger partial charge is 0.255 e. The van der Waals surface area contributed by atoms with Crippen LogP contribution >= 0.6 is 11.8 Å². The normalized spacial score (nSPS) is 15.7. The van der Waals surface area contributed by atoms with E-state index in [2.05, 4.69) is 37.3 Å². The average molecular weight is 446 g/mol. The quantitative estimate of drug-likeness (QED) is 0.336. The summed E-state index contributed by atoms with van der Waals surface area (Å²) in [5.74, 6) is 1.87. The third kappa shape index (κ3) is 5.55. The van der Waals surface area contributed by atoms with Crippen LogP contribution < -0.4 is 4.74 Å². The van der Waals surface area contributed by atoms with Crippen molar-refractivity contribution in [3.63, 3.8) is 0 Å². The summed E-state index contributed by atoms with van der Waals surface area (Å²) in [4.78, 5) is 15.4. The number of unbranched alkanes of at least 4 members (excludes halogenated alkanes) is 2. The van der Waals surface area contributed by atoms with E-state index >= 15 is 0 Å². The van der Waals surface area contributed by atoms with E-state index in [1.54, 1.807) is 11.8 Å². The lowest BCUT2D eigenvalue weighted by Gasteiger charge is -2.26. The number of rotatable bonds is 9. The minimum absolute atomic E-state index is 0.0290. The van der Waals surface area contributed by atoms with Crippen LogP contribution in [0.5, 0.6) is 5.75 Å². The third-order valence-electron chi connectivity index (χ3n) is 5.84. The van der Waals surface area contributed by atoms with E-state index in [1.165, 1.54) is 24.8 Å². The number of nitrogens with zero attached hydrogens (tertiary/aromatic N) is 1. The van der Waals surface area contributed by atoms with Gasteiger partial charge in [0.1, 0.15) is 17.7 Å². The van der Waals surface area contributed by atoms with Crippen molar-refractivity contribution in [3.05, 3.63) is 101 Å². The molecule has 1 saturated heterocycles. The molecule has 0 aliphatic carbocycles. The number of carbonyl (C=O) groups is 1. The van der Waals surface area contributed by atoms with Gasteiger partial charge in [-0.05, 0) is 42.2 Å². The van der Waals surface area contributed by atoms with Gasteiger partial charge < -0.3 is 9.64 Å². The molecule has 1 atom stereocenters. The average Bonchev–Trinajstić information content (AvgIpc) is 3.33. The molecule has 1 unspecified atom stereocenters. The van der Waals surface area contributed by atoms with Crippen molar-refractivity contribution in [3.8, 4) is 5.75 Å². The van der Waals surface area contributed by atoms with Gasteiger partial charge in [-0.15, -0.1) is 11.8 Å². The zero-order chi connectivity index (χ0) is 22.2. The van der Waals surface area contributed by atoms with E-state index in [0.29, 0.717) is 6.61 Å². The Bertz CT molecular complexity index is 1000. The summed E-state index contributed by atoms with van der Waals surface area (Å²) >= 11 is 1.80. The molecule has 0 N–H and O–H groups in total. The van der Waals surface area contributed by atoms with Crippen LogP contribution in [-0.2, 0) is 13.0 Å². The predicted molar refractivity (Wildman–Crippen MR) is 133 cm³/mol. The highest BCUT2D eigenvalue weighted by Gasteiger charge is 2.33. The van der Waals surface area contributed by atoms with Crippen LogP contribution in [0.15, 0.2) is 78.9 Å². The molecule has 1 aliphatic rings. The molecule has 0 radical (unpaired) electrons. The van der Waals surface area contributed by atoms with Crippen LogP contribution in [0, 0.1) is 0 Å². The summed E-state index contributed by atoms with van der Waals surface area (Å²) in [6.45, 7) is 3.49. The topological polar surface area (TPSA) is 29.5 Å². The van der Waals surface area contributed by atoms with Gasteiger partial charge in [-0.1, -0.05) is 80.4 Å². The number of hydrogen-bond donors (Lipinski definition) is 0. The van der Waals surface area contributed by atoms with Gasteiger partial charge in [-0.25, -0.2) is 0 Å². The van der Waals surface area contributed by atoms with Gasteiger partial charge in [-0.2, -0.15) is 0 Å². The number of para-hydroxylation sites is 1. The summed E-state index contributed by atoms with van der Waals surface area (Å²) in [7, 11) is 0. The standard InChI is InChI=1S/C28H31NO2S/c1-2-3-5-10-22-15-17-24(18-16-22)27(30)29-19-20-32-28(29)25-13-8-9-14-26(25)31-21-23-11-6-4-7-12-23/h4,6-9,11-18,28H,2-3,5,10,19-21H2,1H3. The Labute approximate surface area is 195 Å². The molecule has 0 bridgehead atoms. The second-order valence-corrected chi connectivity index (χ2v) is 9.38. The number of benzene rings is 3. The Hall–Kier alpha value is -2.72. The maximum absolute atomic E-state index is 13.4. The molecule has 1 fully saturated rings. The highest BCUT2D eigenvalue weighted by Crippen LogP contribution is 2.42. The molecule has 0 saturated carbocycles. The van der Waals surface area contributed by atoms with Crippen molar-refractivity contribution in [2.24, 2.45) is 0 Å². The van der Waals surface area contributed by atoms with E-state index < -0.39 is 0 Å². The largest absolute Gasteiger partial charge is 0.489 e. The first kappa shape index (κ1) is 22.5. The predicted octanol–water partition coefficient (Wildman–Crippen LogP) is 6.89. The maximum Gasteiger partial charge on any atom is 0.255 e. The highest BCUT2D eigenvalue weighted by atomic mass is 32.2. The molecule has 0 spiro atoms. The van der Waals surface area contributed by atoms with Crippen molar-refractivity contribution < 1.29 is 9.53 Å². The van der Waals surface area contributed by atoms with Gasteiger partial charge in [0, 0.05) is 23.4 Å². The molecule has 4 heteroatoms. The zero-order valence-electron chi connectivity index (χ0n) is 18.7. The second-order valence-electron chi connectivity index (χ2n) is 8.19. The number of hydrogen-bond acceptors (Lipinski definition) is 3. The Morgan fingerprint density at radius 2 is 1.69 bits per heavy atom. The SMILES string of the molecule is CCCCCc1ccc(C(=O)N2CCSC2c2ccccc2OCc2ccccc2)cc1. The van der Waals surface area contributed by atoms with Gasteiger partial charge in [0.05, 0.1) is 0 Å². The monoisotopic (exact) mass is 445 g/mol. The van der Waals surface area contributed by atoms with Gasteiger partial charge in [0.15, 0.2) is 0 Å². The summed E-state index contributed by atoms with van der Waals surface area (Å²) < 4.78 is 6.18. The first-order valence-electron chi connectivity index (χ1n) is 11.5. The Morgan fingerprint density at radius 3 is 2.47 bits per heavy atom. The van der Waals surface area contributed by atoms with Crippen LogP contribution in [0.1, 0.15) is 58.6 Å². The van der Waals surface area contributed by atoms with Crippen LogP contribution in [0.4, 0.5) is 0 Å². The Balaban J connectivity index is 1.47. The molecule has 1 aliphatic heterocycles. The number of amides is 1. The summed E-state index contributed by atoms with van der Waals surface area (Å²) in [5.41, 5.74) is 4.27. The van der Waals surface area contributed by atoms with Crippen LogP contribution in [0.3, 0.4) is 0 Å². The minimum atomic E-state index is -0.0290. The van der Waals surface area contributed by atoms with E-state index in [-0.39, 0.29) is 11.3 Å². The number of carbonyl (C=O) groups excluding carboxylic acids is 1. The van der Waals surface area contributed by atoms with Gasteiger partial charge in [0.25, 0.3) is 5.91 Å². The summed E-state index contributed by atoms with van der Waals surface area (Å²) in [6.07, 6.45) is 4.76. The molecule has 3 aromatic rings. The van der Waals surface area contributed by atoms with Crippen molar-refractivity contribution >= 4 is 17.7 Å². The van der Waals surface area contributed by atoms with Gasteiger partial charge in [-0.3, -0.25) is 4.79 Å². The van der Waals surface area contributed by atoms with Crippen molar-refractivity contribution in [2.75, 3.05) is 12.3 Å². The lowest BCUT2D eigenvalue weighted by molar-refractivity contribution is 0.0759. The Morgan fingerprint density at radius 1 is 0.938 bits per heavy atom. The van der Waals surface area contributed by atoms with Crippen molar-refractivity contribution in [1.82, 2.24) is 4.90 Å². The van der Waals surface area contributed by atoms with Crippen molar-refractivity contribution in [1.29, 1.82) is 0 Å². The van der Waals surface area contributed by atoms with Gasteiger partial charge >= 0.3 is 0 Å². The molecule has 0 aromatic heterocycles. The highest BCUT2D eigenvalue weighted by molar-refractivity contribution is 7.99.